The fraction of sp³-hybridized carbons (Fsp3) is 0.167. The summed E-state index contributed by atoms with van der Waals surface area (Å²) in [5, 5.41) is 3.05. The Bertz CT molecular complexity index is 793. The van der Waals surface area contributed by atoms with E-state index >= 15 is 0 Å². The normalized spacial score (nSPS) is 11.9. The molecule has 0 saturated carbocycles. The first-order valence-corrected chi connectivity index (χ1v) is 7.41. The van der Waals surface area contributed by atoms with Gasteiger partial charge in [-0.2, -0.15) is 0 Å². The van der Waals surface area contributed by atoms with E-state index in [0.717, 1.165) is 17.1 Å². The van der Waals surface area contributed by atoms with E-state index in [4.69, 9.17) is 0 Å². The van der Waals surface area contributed by atoms with Gasteiger partial charge < -0.3 is 9.88 Å². The molecule has 0 bridgehead atoms. The Labute approximate surface area is 135 Å². The van der Waals surface area contributed by atoms with E-state index in [0.29, 0.717) is 5.56 Å². The van der Waals surface area contributed by atoms with Crippen LogP contribution in [0.3, 0.4) is 0 Å². The minimum atomic E-state index is -0.315. The van der Waals surface area contributed by atoms with Gasteiger partial charge in [0, 0.05) is 31.3 Å². The van der Waals surface area contributed by atoms with Crippen molar-refractivity contribution in [2.24, 2.45) is 7.05 Å². The summed E-state index contributed by atoms with van der Waals surface area (Å²) in [6, 6.07) is 13.1. The second kappa shape index (κ2) is 6.44. The molecule has 1 aromatic carbocycles. The van der Waals surface area contributed by atoms with E-state index in [1.54, 1.807) is 18.5 Å². The first-order chi connectivity index (χ1) is 11.1. The van der Waals surface area contributed by atoms with Gasteiger partial charge in [0.2, 0.25) is 0 Å². The van der Waals surface area contributed by atoms with Crippen molar-refractivity contribution in [3.05, 3.63) is 83.7 Å². The Kier molecular flexibility index (Phi) is 4.19. The molecule has 0 fully saturated rings. The highest BCUT2D eigenvalue weighted by atomic mass is 16.1. The Morgan fingerprint density at radius 1 is 1.13 bits per heavy atom. The summed E-state index contributed by atoms with van der Waals surface area (Å²) in [6.45, 7) is 1.89. The maximum absolute atomic E-state index is 12.6. The van der Waals surface area contributed by atoms with Crippen LogP contribution in [-0.4, -0.2) is 20.4 Å². The van der Waals surface area contributed by atoms with Crippen molar-refractivity contribution >= 4 is 5.91 Å². The zero-order valence-electron chi connectivity index (χ0n) is 13.1. The van der Waals surface area contributed by atoms with Gasteiger partial charge in [-0.3, -0.25) is 9.78 Å². The number of hydrogen-bond donors (Lipinski definition) is 1. The van der Waals surface area contributed by atoms with Crippen LogP contribution in [0.25, 0.3) is 0 Å². The number of nitrogens with zero attached hydrogens (tertiary/aromatic N) is 3. The van der Waals surface area contributed by atoms with E-state index in [2.05, 4.69) is 15.3 Å². The highest BCUT2D eigenvalue weighted by molar-refractivity contribution is 5.94. The molecule has 0 spiro atoms. The van der Waals surface area contributed by atoms with Crippen LogP contribution in [-0.2, 0) is 7.05 Å². The predicted octanol–water partition coefficient (Wildman–Crippen LogP) is 2.64. The number of pyridine rings is 1. The predicted molar refractivity (Wildman–Crippen MR) is 87.9 cm³/mol. The van der Waals surface area contributed by atoms with Crippen molar-refractivity contribution in [3.63, 3.8) is 0 Å². The molecule has 2 heterocycles. The monoisotopic (exact) mass is 306 g/mol. The largest absolute Gasteiger partial charge is 0.338 e. The van der Waals surface area contributed by atoms with E-state index in [-0.39, 0.29) is 11.9 Å². The number of carbonyl (C=O) groups is 1. The van der Waals surface area contributed by atoms with Crippen LogP contribution in [0.5, 0.6) is 0 Å². The number of aromatic nitrogens is 3. The summed E-state index contributed by atoms with van der Waals surface area (Å²) >= 11 is 0. The van der Waals surface area contributed by atoms with Crippen LogP contribution in [0.1, 0.15) is 33.5 Å². The van der Waals surface area contributed by atoms with Crippen molar-refractivity contribution in [2.45, 2.75) is 13.0 Å². The van der Waals surface area contributed by atoms with E-state index in [1.165, 1.54) is 0 Å². The van der Waals surface area contributed by atoms with Gasteiger partial charge in [0.15, 0.2) is 0 Å². The van der Waals surface area contributed by atoms with Crippen LogP contribution in [0.15, 0.2) is 61.1 Å². The summed E-state index contributed by atoms with van der Waals surface area (Å²) < 4.78 is 1.91. The highest BCUT2D eigenvalue weighted by Crippen LogP contribution is 2.20. The molecule has 2 aromatic heterocycles. The summed E-state index contributed by atoms with van der Waals surface area (Å²) in [5.74, 6) is 0.610. The Balaban J connectivity index is 1.92. The first kappa shape index (κ1) is 15.0. The molecule has 0 aliphatic carbocycles. The van der Waals surface area contributed by atoms with Crippen LogP contribution >= 0.6 is 0 Å². The second-order valence-electron chi connectivity index (χ2n) is 5.40. The third-order valence-corrected chi connectivity index (χ3v) is 3.70. The highest BCUT2D eigenvalue weighted by Gasteiger charge is 2.21. The fourth-order valence-electron chi connectivity index (χ4n) is 2.41. The molecule has 5 heteroatoms. The third kappa shape index (κ3) is 3.29. The minimum absolute atomic E-state index is 0.172. The van der Waals surface area contributed by atoms with Gasteiger partial charge in [-0.05, 0) is 24.6 Å². The quantitative estimate of drug-likeness (QED) is 0.806. The molecule has 1 N–H and O–H groups in total. The van der Waals surface area contributed by atoms with Crippen LogP contribution < -0.4 is 5.32 Å². The van der Waals surface area contributed by atoms with Crippen molar-refractivity contribution in [1.82, 2.24) is 19.9 Å². The second-order valence-corrected chi connectivity index (χ2v) is 5.40. The molecular weight excluding hydrogens is 288 g/mol. The number of carbonyl (C=O) groups excluding carboxylic acids is 1. The molecule has 1 atom stereocenters. The topological polar surface area (TPSA) is 59.8 Å². The SMILES string of the molecule is Cc1ccc(C(=O)NC(c2ccccc2)c2nccn2C)cn1. The smallest absolute Gasteiger partial charge is 0.253 e. The molecular formula is C18H18N4O. The van der Waals surface area contributed by atoms with Gasteiger partial charge in [-0.1, -0.05) is 30.3 Å². The van der Waals surface area contributed by atoms with Gasteiger partial charge in [-0.15, -0.1) is 0 Å². The Morgan fingerprint density at radius 3 is 2.52 bits per heavy atom. The van der Waals surface area contributed by atoms with Crippen LogP contribution in [0, 0.1) is 6.92 Å². The number of aryl methyl sites for hydroxylation is 2. The van der Waals surface area contributed by atoms with Gasteiger partial charge in [0.25, 0.3) is 5.91 Å². The zero-order chi connectivity index (χ0) is 16.2. The van der Waals surface area contributed by atoms with Crippen molar-refractivity contribution in [1.29, 1.82) is 0 Å². The summed E-state index contributed by atoms with van der Waals surface area (Å²) in [6.07, 6.45) is 5.18. The van der Waals surface area contributed by atoms with Crippen molar-refractivity contribution in [3.8, 4) is 0 Å². The average Bonchev–Trinajstić information content (AvgIpc) is 2.99. The van der Waals surface area contributed by atoms with Gasteiger partial charge in [-0.25, -0.2) is 4.98 Å². The molecule has 3 rings (SSSR count). The fourth-order valence-corrected chi connectivity index (χ4v) is 2.41. The Hall–Kier alpha value is -2.95. The number of benzene rings is 1. The Morgan fingerprint density at radius 2 is 1.91 bits per heavy atom. The maximum Gasteiger partial charge on any atom is 0.253 e. The summed E-state index contributed by atoms with van der Waals surface area (Å²) in [7, 11) is 1.91. The molecule has 1 amide bonds. The van der Waals surface area contributed by atoms with E-state index in [1.807, 2.05) is 61.1 Å². The van der Waals surface area contributed by atoms with Gasteiger partial charge in [0.1, 0.15) is 11.9 Å². The molecule has 1 unspecified atom stereocenters. The van der Waals surface area contributed by atoms with Gasteiger partial charge >= 0.3 is 0 Å². The lowest BCUT2D eigenvalue weighted by atomic mass is 10.1. The van der Waals surface area contributed by atoms with Crippen molar-refractivity contribution < 1.29 is 4.79 Å². The average molecular weight is 306 g/mol. The number of imidazole rings is 1. The van der Waals surface area contributed by atoms with E-state index in [9.17, 15) is 4.79 Å². The number of nitrogens with one attached hydrogen (secondary N) is 1. The standard InChI is InChI=1S/C18H18N4O/c1-13-8-9-15(12-20-13)18(23)21-16(14-6-4-3-5-7-14)17-19-10-11-22(17)2/h3-12,16H,1-2H3,(H,21,23). The molecule has 0 aliphatic rings. The minimum Gasteiger partial charge on any atom is -0.338 e. The van der Waals surface area contributed by atoms with E-state index < -0.39 is 0 Å². The lowest BCUT2D eigenvalue weighted by molar-refractivity contribution is 0.0941. The summed E-state index contributed by atoms with van der Waals surface area (Å²) in [5.41, 5.74) is 2.39. The molecule has 0 radical (unpaired) electrons. The lowest BCUT2D eigenvalue weighted by Crippen LogP contribution is -2.31. The molecule has 3 aromatic rings. The van der Waals surface area contributed by atoms with Gasteiger partial charge in [0.05, 0.1) is 5.56 Å². The molecule has 23 heavy (non-hydrogen) atoms. The third-order valence-electron chi connectivity index (χ3n) is 3.70. The lowest BCUT2D eigenvalue weighted by Gasteiger charge is -2.19. The molecule has 0 aliphatic heterocycles. The van der Waals surface area contributed by atoms with Crippen molar-refractivity contribution in [2.75, 3.05) is 0 Å². The molecule has 116 valence electrons. The maximum atomic E-state index is 12.6. The van der Waals surface area contributed by atoms with Crippen LogP contribution in [0.2, 0.25) is 0 Å². The summed E-state index contributed by atoms with van der Waals surface area (Å²) in [4.78, 5) is 21.1. The molecule has 0 saturated heterocycles. The van der Waals surface area contributed by atoms with Crippen LogP contribution in [0.4, 0.5) is 0 Å². The first-order valence-electron chi connectivity index (χ1n) is 7.41. The number of hydrogen-bond acceptors (Lipinski definition) is 3. The molecule has 5 nitrogen and oxygen atoms in total. The zero-order valence-corrected chi connectivity index (χ0v) is 13.1. The number of rotatable bonds is 4. The number of amides is 1.